The van der Waals surface area contributed by atoms with E-state index in [9.17, 15) is 0 Å². The molecule has 1 N–H and O–H groups in total. The van der Waals surface area contributed by atoms with E-state index in [1.807, 2.05) is 6.07 Å². The van der Waals surface area contributed by atoms with Crippen molar-refractivity contribution in [3.8, 4) is 6.07 Å². The van der Waals surface area contributed by atoms with Crippen molar-refractivity contribution in [1.29, 1.82) is 5.26 Å². The largest absolute Gasteiger partial charge is 0.368 e. The van der Waals surface area contributed by atoms with Crippen molar-refractivity contribution in [1.82, 2.24) is 5.32 Å². The van der Waals surface area contributed by atoms with Gasteiger partial charge in [-0.2, -0.15) is 5.26 Å². The second-order valence-corrected chi connectivity index (χ2v) is 7.09. The number of piperidine rings is 1. The summed E-state index contributed by atoms with van der Waals surface area (Å²) in [4.78, 5) is 2.55. The van der Waals surface area contributed by atoms with E-state index in [1.165, 1.54) is 31.4 Å². The van der Waals surface area contributed by atoms with E-state index >= 15 is 0 Å². The fourth-order valence-electron chi connectivity index (χ4n) is 3.82. The van der Waals surface area contributed by atoms with Crippen molar-refractivity contribution in [2.75, 3.05) is 11.4 Å². The summed E-state index contributed by atoms with van der Waals surface area (Å²) in [5.41, 5.74) is 1.95. The molecule has 21 heavy (non-hydrogen) atoms. The predicted molar refractivity (Wildman–Crippen MR) is 89.5 cm³/mol. The van der Waals surface area contributed by atoms with Gasteiger partial charge in [0.1, 0.15) is 6.07 Å². The normalized spacial score (nSPS) is 27.4. The number of hydrogen-bond donors (Lipinski definition) is 1. The van der Waals surface area contributed by atoms with Gasteiger partial charge in [-0.25, -0.2) is 0 Å². The van der Waals surface area contributed by atoms with E-state index in [0.29, 0.717) is 23.7 Å². The highest BCUT2D eigenvalue weighted by atomic mass is 79.9. The van der Waals surface area contributed by atoms with Gasteiger partial charge >= 0.3 is 0 Å². The van der Waals surface area contributed by atoms with Crippen LogP contribution in [-0.2, 0) is 0 Å². The maximum Gasteiger partial charge on any atom is 0.100 e. The molecule has 2 saturated heterocycles. The van der Waals surface area contributed by atoms with E-state index in [2.05, 4.69) is 51.3 Å². The van der Waals surface area contributed by atoms with Crippen molar-refractivity contribution in [3.63, 3.8) is 0 Å². The molecule has 2 unspecified atom stereocenters. The van der Waals surface area contributed by atoms with Crippen LogP contribution in [0.1, 0.15) is 44.6 Å². The molecule has 0 aromatic heterocycles. The molecule has 2 bridgehead atoms. The van der Waals surface area contributed by atoms with Gasteiger partial charge in [0.15, 0.2) is 0 Å². The van der Waals surface area contributed by atoms with Gasteiger partial charge in [0, 0.05) is 34.8 Å². The van der Waals surface area contributed by atoms with Crippen LogP contribution in [0, 0.1) is 11.3 Å². The van der Waals surface area contributed by atoms with Gasteiger partial charge in [0.25, 0.3) is 0 Å². The zero-order chi connectivity index (χ0) is 14.8. The van der Waals surface area contributed by atoms with Gasteiger partial charge in [-0.15, -0.1) is 0 Å². The van der Waals surface area contributed by atoms with Crippen LogP contribution in [0.5, 0.6) is 0 Å². The number of nitrogens with zero attached hydrogens (tertiary/aromatic N) is 2. The van der Waals surface area contributed by atoms with Gasteiger partial charge in [-0.1, -0.05) is 6.92 Å². The molecule has 0 saturated carbocycles. The summed E-state index contributed by atoms with van der Waals surface area (Å²) in [6.07, 6.45) is 6.30. The van der Waals surface area contributed by atoms with Crippen molar-refractivity contribution < 1.29 is 0 Å². The summed E-state index contributed by atoms with van der Waals surface area (Å²) < 4.78 is 0.903. The summed E-state index contributed by atoms with van der Waals surface area (Å²) >= 11 is 3.53. The fraction of sp³-hybridized carbons (Fsp3) is 0.588. The standard InChI is InChI=1S/C17H22BrN3/c1-2-7-21(15-6-3-12(11-19)17(18)10-15)16-8-13-4-5-14(9-16)20-13/h3,6,10,13-14,16,20H,2,4-5,7-9H2,1H3. The lowest BCUT2D eigenvalue weighted by molar-refractivity contribution is 0.346. The number of hydrogen-bond acceptors (Lipinski definition) is 3. The number of nitrogens with one attached hydrogen (secondary N) is 1. The first-order chi connectivity index (χ1) is 10.2. The molecule has 2 atom stereocenters. The Morgan fingerprint density at radius 2 is 2.05 bits per heavy atom. The highest BCUT2D eigenvalue weighted by Gasteiger charge is 2.36. The van der Waals surface area contributed by atoms with Crippen molar-refractivity contribution >= 4 is 21.6 Å². The van der Waals surface area contributed by atoms with Gasteiger partial charge in [-0.05, 0) is 66.2 Å². The average molecular weight is 348 g/mol. The molecular formula is C17H22BrN3. The highest BCUT2D eigenvalue weighted by molar-refractivity contribution is 9.10. The molecular weight excluding hydrogens is 326 g/mol. The first kappa shape index (κ1) is 14.9. The second-order valence-electron chi connectivity index (χ2n) is 6.23. The smallest absolute Gasteiger partial charge is 0.100 e. The summed E-state index contributed by atoms with van der Waals surface area (Å²) in [5, 5.41) is 12.8. The molecule has 2 fully saturated rings. The van der Waals surface area contributed by atoms with Crippen molar-refractivity contribution in [2.45, 2.75) is 57.2 Å². The topological polar surface area (TPSA) is 39.1 Å². The SMILES string of the molecule is CCCN(c1ccc(C#N)c(Br)c1)C1CC2CCC(C1)N2. The van der Waals surface area contributed by atoms with Crippen LogP contribution in [0.3, 0.4) is 0 Å². The molecule has 1 aromatic carbocycles. The highest BCUT2D eigenvalue weighted by Crippen LogP contribution is 2.33. The van der Waals surface area contributed by atoms with E-state index in [4.69, 9.17) is 5.26 Å². The van der Waals surface area contributed by atoms with Gasteiger partial charge in [-0.3, -0.25) is 0 Å². The quantitative estimate of drug-likeness (QED) is 0.899. The fourth-order valence-corrected chi connectivity index (χ4v) is 4.27. The van der Waals surface area contributed by atoms with Crippen LogP contribution in [0.2, 0.25) is 0 Å². The predicted octanol–water partition coefficient (Wildman–Crippen LogP) is 3.82. The van der Waals surface area contributed by atoms with E-state index in [1.54, 1.807) is 0 Å². The maximum absolute atomic E-state index is 9.08. The number of halogens is 1. The second kappa shape index (κ2) is 6.37. The van der Waals surface area contributed by atoms with Gasteiger partial charge < -0.3 is 10.2 Å². The minimum atomic E-state index is 0.628. The van der Waals surface area contributed by atoms with Crippen molar-refractivity contribution in [3.05, 3.63) is 28.2 Å². The lowest BCUT2D eigenvalue weighted by atomic mass is 9.97. The Hall–Kier alpha value is -1.05. The zero-order valence-electron chi connectivity index (χ0n) is 12.5. The van der Waals surface area contributed by atoms with Crippen LogP contribution in [0.25, 0.3) is 0 Å². The monoisotopic (exact) mass is 347 g/mol. The van der Waals surface area contributed by atoms with Crippen LogP contribution in [0.15, 0.2) is 22.7 Å². The number of rotatable bonds is 4. The Balaban J connectivity index is 1.84. The molecule has 0 radical (unpaired) electrons. The molecule has 0 aliphatic carbocycles. The van der Waals surface area contributed by atoms with Gasteiger partial charge in [0.2, 0.25) is 0 Å². The van der Waals surface area contributed by atoms with E-state index in [-0.39, 0.29) is 0 Å². The molecule has 112 valence electrons. The number of benzene rings is 1. The van der Waals surface area contributed by atoms with Crippen LogP contribution < -0.4 is 10.2 Å². The molecule has 1 aromatic rings. The Morgan fingerprint density at radius 3 is 2.62 bits per heavy atom. The Morgan fingerprint density at radius 1 is 1.33 bits per heavy atom. The minimum absolute atomic E-state index is 0.628. The maximum atomic E-state index is 9.08. The first-order valence-electron chi connectivity index (χ1n) is 7.93. The molecule has 3 rings (SSSR count). The van der Waals surface area contributed by atoms with Gasteiger partial charge in [0.05, 0.1) is 5.56 Å². The third kappa shape index (κ3) is 3.09. The van der Waals surface area contributed by atoms with Crippen LogP contribution in [0.4, 0.5) is 5.69 Å². The Labute approximate surface area is 135 Å². The molecule has 0 spiro atoms. The lowest BCUT2D eigenvalue weighted by Gasteiger charge is -2.39. The third-order valence-corrected chi connectivity index (χ3v) is 5.41. The first-order valence-corrected chi connectivity index (χ1v) is 8.73. The molecule has 2 aliphatic rings. The number of nitriles is 1. The van der Waals surface area contributed by atoms with Crippen LogP contribution >= 0.6 is 15.9 Å². The third-order valence-electron chi connectivity index (χ3n) is 4.76. The molecule has 3 nitrogen and oxygen atoms in total. The van der Waals surface area contributed by atoms with E-state index < -0.39 is 0 Å². The van der Waals surface area contributed by atoms with Crippen molar-refractivity contribution in [2.24, 2.45) is 0 Å². The lowest BCUT2D eigenvalue weighted by Crippen LogP contribution is -2.48. The van der Waals surface area contributed by atoms with E-state index in [0.717, 1.165) is 17.4 Å². The number of fused-ring (bicyclic) bond motifs is 2. The van der Waals surface area contributed by atoms with Crippen LogP contribution in [-0.4, -0.2) is 24.7 Å². The summed E-state index contributed by atoms with van der Waals surface area (Å²) in [6.45, 7) is 3.32. The summed E-state index contributed by atoms with van der Waals surface area (Å²) in [5.74, 6) is 0. The molecule has 4 heteroatoms. The molecule has 0 amide bonds. The molecule has 2 aliphatic heterocycles. The summed E-state index contributed by atoms with van der Waals surface area (Å²) in [7, 11) is 0. The number of anilines is 1. The molecule has 2 heterocycles. The Bertz CT molecular complexity index is 539. The average Bonchev–Trinajstić information content (AvgIpc) is 2.83. The zero-order valence-corrected chi connectivity index (χ0v) is 14.1. The minimum Gasteiger partial charge on any atom is -0.368 e. The summed E-state index contributed by atoms with van der Waals surface area (Å²) in [6, 6.07) is 10.4. The Kier molecular flexibility index (Phi) is 4.51.